The number of rotatable bonds is 4. The van der Waals surface area contributed by atoms with Gasteiger partial charge in [-0.05, 0) is 43.5 Å². The number of amides is 1. The predicted octanol–water partition coefficient (Wildman–Crippen LogP) is 3.26. The standard InChI is InChI=1S/C16H15NO5S/c18-10-4-1-2-5-11(10)22-16(20)13-7-8-14(23-13)17-15(19)12-6-3-9-21-12/h3,6-9,11H,1-2,4-5H2,(H,17,19). The predicted molar refractivity (Wildman–Crippen MR) is 83.7 cm³/mol. The third-order valence-electron chi connectivity index (χ3n) is 3.54. The van der Waals surface area contributed by atoms with Crippen LogP contribution in [0.25, 0.3) is 0 Å². The number of hydrogen-bond acceptors (Lipinski definition) is 6. The third-order valence-corrected chi connectivity index (χ3v) is 4.52. The number of thiophene rings is 1. The molecule has 23 heavy (non-hydrogen) atoms. The first-order valence-electron chi connectivity index (χ1n) is 7.32. The van der Waals surface area contributed by atoms with Crippen molar-refractivity contribution in [2.45, 2.75) is 31.8 Å². The lowest BCUT2D eigenvalue weighted by atomic mass is 9.96. The summed E-state index contributed by atoms with van der Waals surface area (Å²) in [6.07, 6.45) is 3.56. The molecule has 2 aromatic heterocycles. The summed E-state index contributed by atoms with van der Waals surface area (Å²) in [5, 5.41) is 3.15. The maximum Gasteiger partial charge on any atom is 0.349 e. The van der Waals surface area contributed by atoms with Gasteiger partial charge in [0.25, 0.3) is 5.91 Å². The monoisotopic (exact) mass is 333 g/mol. The fourth-order valence-electron chi connectivity index (χ4n) is 2.36. The lowest BCUT2D eigenvalue weighted by molar-refractivity contribution is -0.129. The Morgan fingerprint density at radius 1 is 1.26 bits per heavy atom. The highest BCUT2D eigenvalue weighted by molar-refractivity contribution is 7.18. The molecule has 3 rings (SSSR count). The van der Waals surface area contributed by atoms with Crippen LogP contribution in [-0.2, 0) is 9.53 Å². The Balaban J connectivity index is 1.61. The largest absolute Gasteiger partial charge is 0.459 e. The topological polar surface area (TPSA) is 85.6 Å². The lowest BCUT2D eigenvalue weighted by Crippen LogP contribution is -2.29. The van der Waals surface area contributed by atoms with Crippen LogP contribution in [0.5, 0.6) is 0 Å². The molecular formula is C16H15NO5S. The van der Waals surface area contributed by atoms with Gasteiger partial charge in [0.05, 0.1) is 11.3 Å². The minimum Gasteiger partial charge on any atom is -0.459 e. The molecule has 0 saturated heterocycles. The lowest BCUT2D eigenvalue weighted by Gasteiger charge is -2.20. The number of furan rings is 1. The number of hydrogen-bond donors (Lipinski definition) is 1. The van der Waals surface area contributed by atoms with Gasteiger partial charge in [0.2, 0.25) is 0 Å². The maximum atomic E-state index is 12.1. The molecule has 6 nitrogen and oxygen atoms in total. The summed E-state index contributed by atoms with van der Waals surface area (Å²) in [5.41, 5.74) is 0. The molecule has 1 fully saturated rings. The second-order valence-corrected chi connectivity index (χ2v) is 6.29. The van der Waals surface area contributed by atoms with E-state index in [-0.39, 0.29) is 17.5 Å². The Bertz CT molecular complexity index is 719. The zero-order valence-corrected chi connectivity index (χ0v) is 13.1. The molecule has 1 aliphatic carbocycles. The highest BCUT2D eigenvalue weighted by Gasteiger charge is 2.26. The summed E-state index contributed by atoms with van der Waals surface area (Å²) in [7, 11) is 0. The Morgan fingerprint density at radius 3 is 2.87 bits per heavy atom. The third kappa shape index (κ3) is 3.68. The van der Waals surface area contributed by atoms with Crippen molar-refractivity contribution in [3.63, 3.8) is 0 Å². The first kappa shape index (κ1) is 15.5. The Labute approximate surface area is 136 Å². The summed E-state index contributed by atoms with van der Waals surface area (Å²) in [4.78, 5) is 36.0. The van der Waals surface area contributed by atoms with Gasteiger partial charge in [-0.15, -0.1) is 11.3 Å². The minimum atomic E-state index is -0.639. The van der Waals surface area contributed by atoms with Crippen LogP contribution in [0.2, 0.25) is 0 Å². The molecule has 1 saturated carbocycles. The van der Waals surface area contributed by atoms with E-state index in [9.17, 15) is 14.4 Å². The van der Waals surface area contributed by atoms with Gasteiger partial charge in [0.1, 0.15) is 4.88 Å². The first-order valence-corrected chi connectivity index (χ1v) is 8.13. The maximum absolute atomic E-state index is 12.1. The van der Waals surface area contributed by atoms with Crippen molar-refractivity contribution in [3.8, 4) is 0 Å². The van der Waals surface area contributed by atoms with E-state index in [0.717, 1.165) is 24.2 Å². The van der Waals surface area contributed by atoms with E-state index in [1.54, 1.807) is 24.3 Å². The molecule has 2 heterocycles. The molecule has 120 valence electrons. The van der Waals surface area contributed by atoms with Gasteiger partial charge in [-0.2, -0.15) is 0 Å². The van der Waals surface area contributed by atoms with Crippen molar-refractivity contribution in [2.75, 3.05) is 5.32 Å². The Kier molecular flexibility index (Phi) is 4.57. The highest BCUT2D eigenvalue weighted by Crippen LogP contribution is 2.25. The molecule has 1 amide bonds. The molecule has 2 aromatic rings. The normalized spacial score (nSPS) is 17.7. The van der Waals surface area contributed by atoms with Gasteiger partial charge in [-0.25, -0.2) is 4.79 Å². The van der Waals surface area contributed by atoms with Gasteiger partial charge in [0.15, 0.2) is 17.6 Å². The fraction of sp³-hybridized carbons (Fsp3) is 0.312. The van der Waals surface area contributed by atoms with Crippen molar-refractivity contribution in [3.05, 3.63) is 41.2 Å². The molecule has 1 atom stereocenters. The van der Waals surface area contributed by atoms with E-state index >= 15 is 0 Å². The van der Waals surface area contributed by atoms with Crippen molar-refractivity contribution >= 4 is 34.0 Å². The van der Waals surface area contributed by atoms with Crippen LogP contribution in [0.1, 0.15) is 45.9 Å². The fourth-order valence-corrected chi connectivity index (χ4v) is 3.14. The summed E-state index contributed by atoms with van der Waals surface area (Å²) < 4.78 is 10.3. The second-order valence-electron chi connectivity index (χ2n) is 5.20. The minimum absolute atomic E-state index is 0.0208. The van der Waals surface area contributed by atoms with Crippen LogP contribution in [0, 0.1) is 0 Å². The number of ketones is 1. The first-order chi connectivity index (χ1) is 11.1. The quantitative estimate of drug-likeness (QED) is 0.868. The van der Waals surface area contributed by atoms with E-state index < -0.39 is 12.1 Å². The van der Waals surface area contributed by atoms with Crippen LogP contribution in [0.3, 0.4) is 0 Å². The highest BCUT2D eigenvalue weighted by atomic mass is 32.1. The van der Waals surface area contributed by atoms with Crippen molar-refractivity contribution < 1.29 is 23.5 Å². The molecule has 7 heteroatoms. The molecular weight excluding hydrogens is 318 g/mol. The average Bonchev–Trinajstić information content (AvgIpc) is 3.20. The van der Waals surface area contributed by atoms with Crippen LogP contribution in [-0.4, -0.2) is 23.8 Å². The molecule has 0 bridgehead atoms. The summed E-state index contributed by atoms with van der Waals surface area (Å²) in [6.45, 7) is 0. The number of esters is 1. The van der Waals surface area contributed by atoms with E-state index in [1.807, 2.05) is 0 Å². The van der Waals surface area contributed by atoms with E-state index in [1.165, 1.54) is 6.26 Å². The van der Waals surface area contributed by atoms with E-state index in [0.29, 0.717) is 22.7 Å². The molecule has 1 unspecified atom stereocenters. The number of carbonyl (C=O) groups excluding carboxylic acids is 3. The van der Waals surface area contributed by atoms with Crippen molar-refractivity contribution in [2.24, 2.45) is 0 Å². The molecule has 0 radical (unpaired) electrons. The van der Waals surface area contributed by atoms with E-state index in [2.05, 4.69) is 5.32 Å². The smallest absolute Gasteiger partial charge is 0.349 e. The number of anilines is 1. The second kappa shape index (κ2) is 6.78. The summed E-state index contributed by atoms with van der Waals surface area (Å²) in [5.74, 6) is -0.754. The average molecular weight is 333 g/mol. The van der Waals surface area contributed by atoms with Crippen LogP contribution >= 0.6 is 11.3 Å². The van der Waals surface area contributed by atoms with E-state index in [4.69, 9.17) is 9.15 Å². The van der Waals surface area contributed by atoms with Gasteiger partial charge in [0, 0.05) is 6.42 Å². The SMILES string of the molecule is O=C(Nc1ccc(C(=O)OC2CCCCC2=O)s1)c1ccco1. The molecule has 1 aliphatic rings. The Hall–Kier alpha value is -2.41. The van der Waals surface area contributed by atoms with Crippen LogP contribution in [0.4, 0.5) is 5.00 Å². The Morgan fingerprint density at radius 2 is 2.13 bits per heavy atom. The summed E-state index contributed by atoms with van der Waals surface area (Å²) in [6, 6.07) is 6.35. The zero-order chi connectivity index (χ0) is 16.2. The number of carbonyl (C=O) groups is 3. The zero-order valence-electron chi connectivity index (χ0n) is 12.2. The number of ether oxygens (including phenoxy) is 1. The van der Waals surface area contributed by atoms with Gasteiger partial charge in [-0.3, -0.25) is 9.59 Å². The van der Waals surface area contributed by atoms with Crippen LogP contribution in [0.15, 0.2) is 34.9 Å². The summed E-state index contributed by atoms with van der Waals surface area (Å²) >= 11 is 1.10. The van der Waals surface area contributed by atoms with Crippen LogP contribution < -0.4 is 5.32 Å². The molecule has 0 aromatic carbocycles. The van der Waals surface area contributed by atoms with Crippen molar-refractivity contribution in [1.82, 2.24) is 0 Å². The molecule has 1 N–H and O–H groups in total. The molecule has 0 spiro atoms. The van der Waals surface area contributed by atoms with Gasteiger partial charge in [-0.1, -0.05) is 0 Å². The van der Waals surface area contributed by atoms with Gasteiger partial charge < -0.3 is 14.5 Å². The van der Waals surface area contributed by atoms with Crippen molar-refractivity contribution in [1.29, 1.82) is 0 Å². The molecule has 0 aliphatic heterocycles. The number of nitrogens with one attached hydrogen (secondary N) is 1. The number of Topliss-reactive ketones (excluding diaryl/α,β-unsaturated/α-hetero) is 1. The van der Waals surface area contributed by atoms with Gasteiger partial charge >= 0.3 is 5.97 Å².